The van der Waals surface area contributed by atoms with E-state index in [9.17, 15) is 18.0 Å². The van der Waals surface area contributed by atoms with Gasteiger partial charge in [0.15, 0.2) is 0 Å². The van der Waals surface area contributed by atoms with Gasteiger partial charge in [0, 0.05) is 38.0 Å². The summed E-state index contributed by atoms with van der Waals surface area (Å²) in [5.74, 6) is 0.0354. The number of amides is 2. The van der Waals surface area contributed by atoms with Crippen LogP contribution in [-0.4, -0.2) is 58.1 Å². The molecule has 0 aliphatic rings. The monoisotopic (exact) mass is 605 g/mol. The summed E-state index contributed by atoms with van der Waals surface area (Å²) in [5.41, 5.74) is 1.93. The number of carbonyl (C=O) groups is 2. The van der Waals surface area contributed by atoms with Crippen LogP contribution in [0.4, 0.5) is 5.69 Å². The summed E-state index contributed by atoms with van der Waals surface area (Å²) < 4.78 is 31.7. The van der Waals surface area contributed by atoms with E-state index >= 15 is 0 Å². The number of benzene rings is 3. The van der Waals surface area contributed by atoms with E-state index in [1.807, 2.05) is 48.5 Å². The predicted molar refractivity (Wildman–Crippen MR) is 159 cm³/mol. The molecule has 11 heteroatoms. The van der Waals surface area contributed by atoms with Gasteiger partial charge in [-0.2, -0.15) is 0 Å². The lowest BCUT2D eigenvalue weighted by molar-refractivity contribution is -0.141. The molecule has 0 fully saturated rings. The number of likely N-dealkylation sites (N-methyl/N-ethyl adjacent to an activating group) is 1. The van der Waals surface area contributed by atoms with E-state index in [0.717, 1.165) is 21.7 Å². The quantitative estimate of drug-likeness (QED) is 0.298. The van der Waals surface area contributed by atoms with Crippen molar-refractivity contribution < 1.29 is 22.7 Å². The van der Waals surface area contributed by atoms with Gasteiger partial charge in [-0.3, -0.25) is 13.9 Å². The third kappa shape index (κ3) is 8.61. The second-order valence-corrected chi connectivity index (χ2v) is 12.0. The fraction of sp³-hybridized carbons (Fsp3) is 0.310. The Morgan fingerprint density at radius 1 is 0.975 bits per heavy atom. The summed E-state index contributed by atoms with van der Waals surface area (Å²) in [4.78, 5) is 28.4. The summed E-state index contributed by atoms with van der Waals surface area (Å²) in [6.45, 7) is 0.165. The molecule has 3 rings (SSSR count). The van der Waals surface area contributed by atoms with Crippen molar-refractivity contribution in [3.8, 4) is 5.75 Å². The van der Waals surface area contributed by atoms with Crippen molar-refractivity contribution in [2.75, 3.05) is 31.3 Å². The molecule has 214 valence electrons. The van der Waals surface area contributed by atoms with Crippen molar-refractivity contribution in [3.63, 3.8) is 0 Å². The molecule has 8 nitrogen and oxygen atoms in total. The van der Waals surface area contributed by atoms with Crippen molar-refractivity contribution in [2.24, 2.45) is 0 Å². The third-order valence-electron chi connectivity index (χ3n) is 6.33. The van der Waals surface area contributed by atoms with Gasteiger partial charge in [0.25, 0.3) is 0 Å². The average Bonchev–Trinajstić information content (AvgIpc) is 2.94. The molecule has 0 heterocycles. The number of methoxy groups -OCH3 is 1. The number of halogens is 2. The first kappa shape index (κ1) is 31.3. The van der Waals surface area contributed by atoms with Gasteiger partial charge in [-0.25, -0.2) is 8.42 Å². The maximum absolute atomic E-state index is 13.7. The van der Waals surface area contributed by atoms with Gasteiger partial charge in [-0.05, 0) is 47.9 Å². The fourth-order valence-electron chi connectivity index (χ4n) is 4.35. The zero-order valence-corrected chi connectivity index (χ0v) is 25.0. The van der Waals surface area contributed by atoms with E-state index in [1.165, 1.54) is 24.1 Å². The lowest BCUT2D eigenvalue weighted by Crippen LogP contribution is -2.49. The van der Waals surface area contributed by atoms with Crippen molar-refractivity contribution in [3.05, 3.63) is 94.0 Å². The Morgan fingerprint density at radius 2 is 1.68 bits per heavy atom. The highest BCUT2D eigenvalue weighted by molar-refractivity contribution is 7.92. The molecule has 3 aromatic carbocycles. The van der Waals surface area contributed by atoms with Crippen molar-refractivity contribution >= 4 is 50.7 Å². The number of carbonyl (C=O) groups excluding carboxylic acids is 2. The number of hydrogen-bond acceptors (Lipinski definition) is 5. The first-order valence-electron chi connectivity index (χ1n) is 12.6. The molecule has 1 N–H and O–H groups in total. The molecule has 0 saturated carbocycles. The van der Waals surface area contributed by atoms with E-state index in [4.69, 9.17) is 27.9 Å². The van der Waals surface area contributed by atoms with Crippen LogP contribution in [0.25, 0.3) is 0 Å². The summed E-state index contributed by atoms with van der Waals surface area (Å²) in [7, 11) is -0.624. The summed E-state index contributed by atoms with van der Waals surface area (Å²) >= 11 is 12.4. The Bertz CT molecular complexity index is 1420. The summed E-state index contributed by atoms with van der Waals surface area (Å²) in [6.07, 6.45) is 1.57. The maximum Gasteiger partial charge on any atom is 0.242 e. The minimum atomic E-state index is -3.72. The summed E-state index contributed by atoms with van der Waals surface area (Å²) in [5, 5.41) is 3.25. The smallest absolute Gasteiger partial charge is 0.242 e. The average molecular weight is 607 g/mol. The molecule has 2 amide bonds. The molecule has 0 unspecified atom stereocenters. The second-order valence-electron chi connectivity index (χ2n) is 9.23. The van der Waals surface area contributed by atoms with Crippen LogP contribution < -0.4 is 14.4 Å². The van der Waals surface area contributed by atoms with Crippen LogP contribution in [0.3, 0.4) is 0 Å². The standard InChI is InChI=1S/C29H33Cl2N3O5S/c1-32-29(36)27(18-21-9-5-4-6-10-21)33(20-22-11-7-12-24(17-22)39-2)28(35)13-8-16-34(40(3,37)38)26-19-23(30)14-15-25(26)31/h4-7,9-12,14-15,17,19,27H,8,13,16,18,20H2,1-3H3,(H,32,36)/t27-/m1/s1. The number of rotatable bonds is 13. The van der Waals surface area contributed by atoms with Gasteiger partial charge in [0.2, 0.25) is 21.8 Å². The van der Waals surface area contributed by atoms with Gasteiger partial charge in [0.05, 0.1) is 24.1 Å². The number of nitrogens with zero attached hydrogens (tertiary/aromatic N) is 2. The summed E-state index contributed by atoms with van der Waals surface area (Å²) in [6, 6.07) is 20.5. The highest BCUT2D eigenvalue weighted by Crippen LogP contribution is 2.31. The van der Waals surface area contributed by atoms with Crippen molar-refractivity contribution in [1.29, 1.82) is 0 Å². The Kier molecular flexibility index (Phi) is 11.2. The van der Waals surface area contributed by atoms with E-state index in [-0.39, 0.29) is 48.5 Å². The largest absolute Gasteiger partial charge is 0.497 e. The van der Waals surface area contributed by atoms with Crippen LogP contribution >= 0.6 is 23.2 Å². The number of hydrogen-bond donors (Lipinski definition) is 1. The van der Waals surface area contributed by atoms with Crippen LogP contribution in [-0.2, 0) is 32.6 Å². The predicted octanol–water partition coefficient (Wildman–Crippen LogP) is 4.93. The van der Waals surface area contributed by atoms with Gasteiger partial charge in [0.1, 0.15) is 11.8 Å². The Labute approximate surface area is 245 Å². The third-order valence-corrected chi connectivity index (χ3v) is 8.07. The lowest BCUT2D eigenvalue weighted by Gasteiger charge is -2.31. The molecule has 0 aliphatic heterocycles. The fourth-order valence-corrected chi connectivity index (χ4v) is 5.75. The molecule has 0 saturated heterocycles. The van der Waals surface area contributed by atoms with Crippen molar-refractivity contribution in [1.82, 2.24) is 10.2 Å². The molecule has 0 spiro atoms. The molecule has 0 aliphatic carbocycles. The van der Waals surface area contributed by atoms with E-state index < -0.39 is 16.1 Å². The number of ether oxygens (including phenoxy) is 1. The molecule has 0 aromatic heterocycles. The molecule has 0 radical (unpaired) electrons. The van der Waals surface area contributed by atoms with Gasteiger partial charge >= 0.3 is 0 Å². The highest BCUT2D eigenvalue weighted by atomic mass is 35.5. The lowest BCUT2D eigenvalue weighted by atomic mass is 10.0. The van der Waals surface area contributed by atoms with Crippen LogP contribution in [0.5, 0.6) is 5.75 Å². The Hall–Kier alpha value is -3.27. The van der Waals surface area contributed by atoms with Gasteiger partial charge in [-0.15, -0.1) is 0 Å². The minimum Gasteiger partial charge on any atom is -0.497 e. The van der Waals surface area contributed by atoms with E-state index in [2.05, 4.69) is 5.32 Å². The van der Waals surface area contributed by atoms with Crippen LogP contribution in [0, 0.1) is 0 Å². The SMILES string of the molecule is CNC(=O)[C@@H](Cc1ccccc1)N(Cc1cccc(OC)c1)C(=O)CCCN(c1cc(Cl)ccc1Cl)S(C)(=O)=O. The molecule has 3 aromatic rings. The highest BCUT2D eigenvalue weighted by Gasteiger charge is 2.30. The zero-order chi connectivity index (χ0) is 29.3. The Balaban J connectivity index is 1.88. The molecular weight excluding hydrogens is 573 g/mol. The minimum absolute atomic E-state index is 0.000954. The first-order chi connectivity index (χ1) is 19.0. The number of sulfonamides is 1. The van der Waals surface area contributed by atoms with Crippen LogP contribution in [0.1, 0.15) is 24.0 Å². The number of anilines is 1. The van der Waals surface area contributed by atoms with Crippen LogP contribution in [0.15, 0.2) is 72.8 Å². The second kappa shape index (κ2) is 14.4. The normalized spacial score (nSPS) is 11.9. The molecular formula is C29H33Cl2N3O5S. The Morgan fingerprint density at radius 3 is 2.33 bits per heavy atom. The molecule has 0 bridgehead atoms. The van der Waals surface area contributed by atoms with Gasteiger partial charge in [-0.1, -0.05) is 65.7 Å². The van der Waals surface area contributed by atoms with E-state index in [1.54, 1.807) is 19.2 Å². The molecule has 1 atom stereocenters. The molecule has 40 heavy (non-hydrogen) atoms. The van der Waals surface area contributed by atoms with Crippen molar-refractivity contribution in [2.45, 2.75) is 31.8 Å². The maximum atomic E-state index is 13.7. The first-order valence-corrected chi connectivity index (χ1v) is 15.2. The zero-order valence-electron chi connectivity index (χ0n) is 22.6. The van der Waals surface area contributed by atoms with E-state index in [0.29, 0.717) is 17.2 Å². The van der Waals surface area contributed by atoms with Gasteiger partial charge < -0.3 is 15.0 Å². The topological polar surface area (TPSA) is 96.0 Å². The van der Waals surface area contributed by atoms with Crippen LogP contribution in [0.2, 0.25) is 10.0 Å². The number of nitrogens with one attached hydrogen (secondary N) is 1.